The maximum Gasteiger partial charge on any atom is 0.323 e. The minimum atomic E-state index is -0.537. The zero-order valence-electron chi connectivity index (χ0n) is 13.5. The number of aryl methyl sites for hydroxylation is 1. The van der Waals surface area contributed by atoms with Gasteiger partial charge >= 0.3 is 6.03 Å². The van der Waals surface area contributed by atoms with E-state index in [2.05, 4.69) is 15.6 Å². The number of halogens is 1. The van der Waals surface area contributed by atoms with Gasteiger partial charge in [0.1, 0.15) is 11.9 Å². The van der Waals surface area contributed by atoms with Gasteiger partial charge in [0.05, 0.1) is 23.1 Å². The molecule has 3 rings (SSSR count). The summed E-state index contributed by atoms with van der Waals surface area (Å²) in [5.74, 6) is 0.397. The van der Waals surface area contributed by atoms with Crippen molar-refractivity contribution in [3.8, 4) is 0 Å². The third-order valence-electron chi connectivity index (χ3n) is 3.65. The summed E-state index contributed by atoms with van der Waals surface area (Å²) in [7, 11) is 0. The monoisotopic (exact) mass is 380 g/mol. The largest absolute Gasteiger partial charge is 0.349 e. The number of carbonyl (C=O) groups is 2. The zero-order valence-corrected chi connectivity index (χ0v) is 15.1. The van der Waals surface area contributed by atoms with Crippen LogP contribution >= 0.6 is 23.1 Å². The Morgan fingerprint density at radius 3 is 2.80 bits per heavy atom. The lowest BCUT2D eigenvalue weighted by Crippen LogP contribution is -2.48. The maximum absolute atomic E-state index is 12.9. The molecule has 25 heavy (non-hydrogen) atoms. The molecular weight excluding hydrogens is 363 g/mol. The Morgan fingerprint density at radius 2 is 2.12 bits per heavy atom. The van der Waals surface area contributed by atoms with Crippen LogP contribution in [0.15, 0.2) is 29.6 Å². The van der Waals surface area contributed by atoms with Crippen molar-refractivity contribution in [3.05, 3.63) is 46.2 Å². The molecule has 1 fully saturated rings. The summed E-state index contributed by atoms with van der Waals surface area (Å²) in [6, 6.07) is 4.60. The summed E-state index contributed by atoms with van der Waals surface area (Å²) < 4.78 is 12.9. The van der Waals surface area contributed by atoms with Crippen LogP contribution in [0.5, 0.6) is 0 Å². The van der Waals surface area contributed by atoms with E-state index in [0.717, 1.165) is 10.7 Å². The molecule has 1 aliphatic rings. The molecule has 1 aromatic carbocycles. The summed E-state index contributed by atoms with van der Waals surface area (Å²) in [6.45, 7) is 2.25. The molecule has 2 N–H and O–H groups in total. The van der Waals surface area contributed by atoms with E-state index in [-0.39, 0.29) is 17.8 Å². The highest BCUT2D eigenvalue weighted by molar-refractivity contribution is 7.99. The number of hydrogen-bond donors (Lipinski definition) is 2. The Bertz CT molecular complexity index is 766. The molecule has 0 radical (unpaired) electrons. The van der Waals surface area contributed by atoms with Gasteiger partial charge in [-0.1, -0.05) is 0 Å². The number of thiazole rings is 1. The fraction of sp³-hybridized carbons (Fsp3) is 0.312. The second kappa shape index (κ2) is 7.83. The Balaban J connectivity index is 1.58. The number of rotatable bonds is 4. The third kappa shape index (κ3) is 4.49. The summed E-state index contributed by atoms with van der Waals surface area (Å²) in [4.78, 5) is 30.6. The zero-order chi connectivity index (χ0) is 17.8. The van der Waals surface area contributed by atoms with Gasteiger partial charge in [-0.15, -0.1) is 23.1 Å². The Morgan fingerprint density at radius 1 is 1.36 bits per heavy atom. The van der Waals surface area contributed by atoms with Gasteiger partial charge in [-0.2, -0.15) is 0 Å². The van der Waals surface area contributed by atoms with E-state index < -0.39 is 6.04 Å². The summed E-state index contributed by atoms with van der Waals surface area (Å²) in [5, 5.41) is 8.37. The topological polar surface area (TPSA) is 74.3 Å². The highest BCUT2D eigenvalue weighted by atomic mass is 32.2. The molecule has 1 aromatic heterocycles. The molecule has 3 amide bonds. The summed E-state index contributed by atoms with van der Waals surface area (Å²) >= 11 is 3.04. The van der Waals surface area contributed by atoms with Crippen molar-refractivity contribution in [3.63, 3.8) is 0 Å². The first-order valence-corrected chi connectivity index (χ1v) is 9.66. The molecule has 1 saturated heterocycles. The molecule has 9 heteroatoms. The highest BCUT2D eigenvalue weighted by Crippen LogP contribution is 2.22. The van der Waals surface area contributed by atoms with Crippen molar-refractivity contribution in [2.45, 2.75) is 19.5 Å². The van der Waals surface area contributed by atoms with Gasteiger partial charge < -0.3 is 15.5 Å². The molecule has 6 nitrogen and oxygen atoms in total. The number of hydrogen-bond acceptors (Lipinski definition) is 5. The first kappa shape index (κ1) is 17.7. The third-order valence-corrected chi connectivity index (χ3v) is 5.49. The van der Waals surface area contributed by atoms with E-state index in [0.29, 0.717) is 23.9 Å². The molecule has 0 bridgehead atoms. The summed E-state index contributed by atoms with van der Waals surface area (Å²) in [6.07, 6.45) is 0. The minimum absolute atomic E-state index is 0.204. The van der Waals surface area contributed by atoms with E-state index in [1.54, 1.807) is 0 Å². The number of amides is 3. The Labute approximate surface area is 152 Å². The molecule has 2 heterocycles. The first-order chi connectivity index (χ1) is 12.0. The number of thioether (sulfide) groups is 1. The number of urea groups is 1. The number of anilines is 1. The lowest BCUT2D eigenvalue weighted by Gasteiger charge is -2.23. The van der Waals surface area contributed by atoms with Crippen molar-refractivity contribution >= 4 is 40.7 Å². The number of nitrogens with zero attached hydrogens (tertiary/aromatic N) is 2. The van der Waals surface area contributed by atoms with E-state index in [9.17, 15) is 14.0 Å². The van der Waals surface area contributed by atoms with Crippen LogP contribution in [0.3, 0.4) is 0 Å². The van der Waals surface area contributed by atoms with Crippen LogP contribution < -0.4 is 10.6 Å². The van der Waals surface area contributed by atoms with Crippen molar-refractivity contribution in [2.24, 2.45) is 0 Å². The molecule has 132 valence electrons. The van der Waals surface area contributed by atoms with Crippen molar-refractivity contribution < 1.29 is 14.0 Å². The number of benzene rings is 1. The number of carbonyl (C=O) groups excluding carboxylic acids is 2. The average Bonchev–Trinajstić information content (AvgIpc) is 3.23. The van der Waals surface area contributed by atoms with Crippen LogP contribution in [0.2, 0.25) is 0 Å². The molecule has 1 atom stereocenters. The van der Waals surface area contributed by atoms with E-state index in [4.69, 9.17) is 0 Å². The number of aromatic nitrogens is 1. The SMILES string of the molecule is Cc1nc(CNC(=O)[C@H]2CSCN2C(=O)Nc2ccc(F)cc2)cs1. The lowest BCUT2D eigenvalue weighted by molar-refractivity contribution is -0.124. The van der Waals surface area contributed by atoms with Crippen LogP contribution in [0.1, 0.15) is 10.7 Å². The standard InChI is InChI=1S/C16H17FN4O2S2/c1-10-19-13(7-25-10)6-18-15(22)14-8-24-9-21(14)16(23)20-12-4-2-11(17)3-5-12/h2-5,7,14H,6,8-9H2,1H3,(H,18,22)(H,20,23)/t14-/m1/s1. The van der Waals surface area contributed by atoms with Gasteiger partial charge in [-0.25, -0.2) is 14.2 Å². The van der Waals surface area contributed by atoms with Gasteiger partial charge in [0.25, 0.3) is 0 Å². The quantitative estimate of drug-likeness (QED) is 0.855. The fourth-order valence-electron chi connectivity index (χ4n) is 2.37. The molecule has 0 unspecified atom stereocenters. The Hall–Kier alpha value is -2.13. The van der Waals surface area contributed by atoms with E-state index >= 15 is 0 Å². The van der Waals surface area contributed by atoms with Gasteiger partial charge in [-0.05, 0) is 31.2 Å². The van der Waals surface area contributed by atoms with Crippen LogP contribution in [-0.2, 0) is 11.3 Å². The molecule has 1 aliphatic heterocycles. The molecule has 0 aliphatic carbocycles. The average molecular weight is 380 g/mol. The molecule has 0 spiro atoms. The maximum atomic E-state index is 12.9. The van der Waals surface area contributed by atoms with Gasteiger partial charge in [-0.3, -0.25) is 4.79 Å². The van der Waals surface area contributed by atoms with E-state index in [1.165, 1.54) is 52.3 Å². The van der Waals surface area contributed by atoms with Crippen molar-refractivity contribution in [1.82, 2.24) is 15.2 Å². The van der Waals surface area contributed by atoms with Crippen LogP contribution in [0, 0.1) is 12.7 Å². The number of nitrogens with one attached hydrogen (secondary N) is 2. The second-order valence-corrected chi connectivity index (χ2v) is 7.56. The lowest BCUT2D eigenvalue weighted by atomic mass is 10.2. The fourth-order valence-corrected chi connectivity index (χ4v) is 4.14. The van der Waals surface area contributed by atoms with E-state index in [1.807, 2.05) is 12.3 Å². The highest BCUT2D eigenvalue weighted by Gasteiger charge is 2.34. The van der Waals surface area contributed by atoms with Crippen molar-refractivity contribution in [2.75, 3.05) is 16.9 Å². The van der Waals surface area contributed by atoms with Crippen molar-refractivity contribution in [1.29, 1.82) is 0 Å². The van der Waals surface area contributed by atoms with Crippen LogP contribution in [0.25, 0.3) is 0 Å². The predicted octanol–water partition coefficient (Wildman–Crippen LogP) is 2.81. The predicted molar refractivity (Wildman–Crippen MR) is 97.1 cm³/mol. The van der Waals surface area contributed by atoms with Gasteiger partial charge in [0, 0.05) is 16.8 Å². The summed E-state index contributed by atoms with van der Waals surface area (Å²) in [5.41, 5.74) is 1.30. The smallest absolute Gasteiger partial charge is 0.323 e. The normalized spacial score (nSPS) is 16.7. The first-order valence-electron chi connectivity index (χ1n) is 7.62. The van der Waals surface area contributed by atoms with Crippen LogP contribution in [-0.4, -0.2) is 39.5 Å². The Kier molecular flexibility index (Phi) is 5.54. The second-order valence-electron chi connectivity index (χ2n) is 5.50. The van der Waals surface area contributed by atoms with Crippen LogP contribution in [0.4, 0.5) is 14.9 Å². The van der Waals surface area contributed by atoms with Gasteiger partial charge in [0.2, 0.25) is 5.91 Å². The molecule has 0 saturated carbocycles. The minimum Gasteiger partial charge on any atom is -0.349 e. The molecule has 2 aromatic rings. The van der Waals surface area contributed by atoms with Gasteiger partial charge in [0.15, 0.2) is 0 Å². The molecular formula is C16H17FN4O2S2.